The molecule has 2 N–H and O–H groups in total. The van der Waals surface area contributed by atoms with Gasteiger partial charge in [0.25, 0.3) is 0 Å². The molecule has 1 aromatic rings. The Labute approximate surface area is 115 Å². The number of hydrogen-bond donors (Lipinski definition) is 2. The van der Waals surface area contributed by atoms with Crippen molar-refractivity contribution < 1.29 is 14.6 Å². The third-order valence-corrected chi connectivity index (χ3v) is 2.71. The van der Waals surface area contributed by atoms with E-state index in [9.17, 15) is 5.11 Å². The Balaban J connectivity index is 2.25. The molecule has 0 aliphatic heterocycles. The van der Waals surface area contributed by atoms with E-state index < -0.39 is 6.10 Å². The van der Waals surface area contributed by atoms with Crippen LogP contribution in [0, 0.1) is 0 Å². The van der Waals surface area contributed by atoms with Crippen molar-refractivity contribution >= 4 is 0 Å². The Kier molecular flexibility index (Phi) is 8.21. The highest BCUT2D eigenvalue weighted by molar-refractivity contribution is 5.28. The zero-order valence-corrected chi connectivity index (χ0v) is 11.9. The van der Waals surface area contributed by atoms with E-state index in [1.165, 1.54) is 5.56 Å². The van der Waals surface area contributed by atoms with E-state index in [0.29, 0.717) is 13.0 Å². The van der Waals surface area contributed by atoms with Crippen molar-refractivity contribution in [2.24, 2.45) is 0 Å². The Morgan fingerprint density at radius 2 is 2.21 bits per heavy atom. The van der Waals surface area contributed by atoms with Crippen LogP contribution in [-0.2, 0) is 11.3 Å². The summed E-state index contributed by atoms with van der Waals surface area (Å²) < 4.78 is 10.5. The zero-order chi connectivity index (χ0) is 13.9. The highest BCUT2D eigenvalue weighted by Gasteiger charge is 2.02. The van der Waals surface area contributed by atoms with Crippen LogP contribution >= 0.6 is 0 Å². The summed E-state index contributed by atoms with van der Waals surface area (Å²) in [5.74, 6) is 0.917. The summed E-state index contributed by atoms with van der Waals surface area (Å²) in [6.07, 6.45) is 1.32. The molecular weight excluding hydrogens is 242 g/mol. The first kappa shape index (κ1) is 16.0. The standard InChI is InChI=1S/C15H25NO3/c1-3-9-19-15-6-4-5-13(10-15)11-16-8-7-14(17)12-18-2/h4-6,10,14,16-17H,3,7-9,11-12H2,1-2H3. The average Bonchev–Trinajstić information content (AvgIpc) is 2.42. The van der Waals surface area contributed by atoms with Crippen LogP contribution < -0.4 is 10.1 Å². The van der Waals surface area contributed by atoms with Crippen LogP contribution in [0.4, 0.5) is 0 Å². The molecule has 0 saturated carbocycles. The highest BCUT2D eigenvalue weighted by Crippen LogP contribution is 2.13. The van der Waals surface area contributed by atoms with Gasteiger partial charge in [0.05, 0.1) is 19.3 Å². The number of aliphatic hydroxyl groups excluding tert-OH is 1. The minimum atomic E-state index is -0.392. The molecule has 1 unspecified atom stereocenters. The molecule has 1 rings (SSSR count). The van der Waals surface area contributed by atoms with Crippen molar-refractivity contribution in [2.75, 3.05) is 26.9 Å². The molecule has 0 heterocycles. The van der Waals surface area contributed by atoms with Crippen LogP contribution in [0.3, 0.4) is 0 Å². The van der Waals surface area contributed by atoms with E-state index in [1.807, 2.05) is 18.2 Å². The van der Waals surface area contributed by atoms with Crippen molar-refractivity contribution in [1.29, 1.82) is 0 Å². The van der Waals surface area contributed by atoms with E-state index in [4.69, 9.17) is 9.47 Å². The lowest BCUT2D eigenvalue weighted by atomic mass is 10.2. The normalized spacial score (nSPS) is 12.4. The minimum Gasteiger partial charge on any atom is -0.494 e. The van der Waals surface area contributed by atoms with Crippen LogP contribution in [0.1, 0.15) is 25.3 Å². The third-order valence-electron chi connectivity index (χ3n) is 2.71. The van der Waals surface area contributed by atoms with Gasteiger partial charge in [-0.25, -0.2) is 0 Å². The Morgan fingerprint density at radius 3 is 2.95 bits per heavy atom. The molecule has 0 saturated heterocycles. The quantitative estimate of drug-likeness (QED) is 0.636. The highest BCUT2D eigenvalue weighted by atomic mass is 16.5. The second kappa shape index (κ2) is 9.78. The zero-order valence-electron chi connectivity index (χ0n) is 11.9. The largest absolute Gasteiger partial charge is 0.494 e. The summed E-state index contributed by atoms with van der Waals surface area (Å²) in [7, 11) is 1.60. The molecule has 0 fully saturated rings. The van der Waals surface area contributed by atoms with Gasteiger partial charge in [-0.1, -0.05) is 19.1 Å². The second-order valence-electron chi connectivity index (χ2n) is 4.57. The van der Waals surface area contributed by atoms with Gasteiger partial charge in [0.15, 0.2) is 0 Å². The van der Waals surface area contributed by atoms with Gasteiger partial charge < -0.3 is 19.9 Å². The van der Waals surface area contributed by atoms with Crippen LogP contribution in [0.5, 0.6) is 5.75 Å². The molecule has 0 amide bonds. The SMILES string of the molecule is CCCOc1cccc(CNCCC(O)COC)c1. The summed E-state index contributed by atoms with van der Waals surface area (Å²) in [6.45, 7) is 4.78. The van der Waals surface area contributed by atoms with E-state index >= 15 is 0 Å². The molecule has 0 aliphatic rings. The first-order valence-electron chi connectivity index (χ1n) is 6.85. The van der Waals surface area contributed by atoms with Crippen molar-refractivity contribution in [1.82, 2.24) is 5.32 Å². The van der Waals surface area contributed by atoms with Gasteiger partial charge in [-0.15, -0.1) is 0 Å². The third kappa shape index (κ3) is 7.15. The smallest absolute Gasteiger partial charge is 0.119 e. The Morgan fingerprint density at radius 1 is 1.37 bits per heavy atom. The molecule has 0 aliphatic carbocycles. The van der Waals surface area contributed by atoms with Crippen molar-refractivity contribution in [3.63, 3.8) is 0 Å². The maximum Gasteiger partial charge on any atom is 0.119 e. The second-order valence-corrected chi connectivity index (χ2v) is 4.57. The fraction of sp³-hybridized carbons (Fsp3) is 0.600. The van der Waals surface area contributed by atoms with E-state index in [2.05, 4.69) is 18.3 Å². The first-order chi connectivity index (χ1) is 9.26. The van der Waals surface area contributed by atoms with E-state index in [0.717, 1.165) is 31.9 Å². The van der Waals surface area contributed by atoms with Crippen molar-refractivity contribution in [3.05, 3.63) is 29.8 Å². The lowest BCUT2D eigenvalue weighted by Crippen LogP contribution is -2.23. The Hall–Kier alpha value is -1.10. The maximum absolute atomic E-state index is 9.50. The molecule has 4 heteroatoms. The van der Waals surface area contributed by atoms with Crippen LogP contribution in [-0.4, -0.2) is 38.1 Å². The van der Waals surface area contributed by atoms with Gasteiger partial charge in [-0.3, -0.25) is 0 Å². The number of nitrogens with one attached hydrogen (secondary N) is 1. The predicted molar refractivity (Wildman–Crippen MR) is 76.4 cm³/mol. The summed E-state index contributed by atoms with van der Waals surface area (Å²) in [5, 5.41) is 12.8. The van der Waals surface area contributed by atoms with Gasteiger partial charge in [-0.05, 0) is 37.1 Å². The topological polar surface area (TPSA) is 50.7 Å². The van der Waals surface area contributed by atoms with Gasteiger partial charge in [0.1, 0.15) is 5.75 Å². The molecule has 0 bridgehead atoms. The summed E-state index contributed by atoms with van der Waals surface area (Å²) in [5.41, 5.74) is 1.19. The van der Waals surface area contributed by atoms with Gasteiger partial charge in [-0.2, -0.15) is 0 Å². The molecule has 1 atom stereocenters. The van der Waals surface area contributed by atoms with Crippen LogP contribution in [0.25, 0.3) is 0 Å². The molecule has 0 radical (unpaired) electrons. The molecule has 19 heavy (non-hydrogen) atoms. The lowest BCUT2D eigenvalue weighted by molar-refractivity contribution is 0.0594. The predicted octanol–water partition coefficient (Wildman–Crippen LogP) is 1.96. The number of ether oxygens (including phenoxy) is 2. The minimum absolute atomic E-state index is 0.391. The molecule has 108 valence electrons. The maximum atomic E-state index is 9.50. The molecular formula is C15H25NO3. The number of rotatable bonds is 10. The molecule has 0 aromatic heterocycles. The van der Waals surface area contributed by atoms with Crippen molar-refractivity contribution in [3.8, 4) is 5.75 Å². The fourth-order valence-corrected chi connectivity index (χ4v) is 1.74. The molecule has 4 nitrogen and oxygen atoms in total. The summed E-state index contributed by atoms with van der Waals surface area (Å²) in [4.78, 5) is 0. The molecule has 1 aromatic carbocycles. The van der Waals surface area contributed by atoms with Gasteiger partial charge >= 0.3 is 0 Å². The fourth-order valence-electron chi connectivity index (χ4n) is 1.74. The number of methoxy groups -OCH3 is 1. The van der Waals surface area contributed by atoms with Crippen molar-refractivity contribution in [2.45, 2.75) is 32.4 Å². The van der Waals surface area contributed by atoms with E-state index in [-0.39, 0.29) is 0 Å². The van der Waals surface area contributed by atoms with E-state index in [1.54, 1.807) is 7.11 Å². The van der Waals surface area contributed by atoms with Crippen LogP contribution in [0.2, 0.25) is 0 Å². The van der Waals surface area contributed by atoms with Gasteiger partial charge in [0, 0.05) is 13.7 Å². The lowest BCUT2D eigenvalue weighted by Gasteiger charge is -2.11. The molecule has 0 spiro atoms. The monoisotopic (exact) mass is 267 g/mol. The number of aliphatic hydroxyl groups is 1. The number of benzene rings is 1. The Bertz CT molecular complexity index is 344. The van der Waals surface area contributed by atoms with Gasteiger partial charge in [0.2, 0.25) is 0 Å². The first-order valence-corrected chi connectivity index (χ1v) is 6.85. The summed E-state index contributed by atoms with van der Waals surface area (Å²) in [6, 6.07) is 8.09. The summed E-state index contributed by atoms with van der Waals surface area (Å²) >= 11 is 0. The number of hydrogen-bond acceptors (Lipinski definition) is 4. The average molecular weight is 267 g/mol. The van der Waals surface area contributed by atoms with Crippen LogP contribution in [0.15, 0.2) is 24.3 Å².